The van der Waals surface area contributed by atoms with Gasteiger partial charge in [-0.15, -0.1) is 0 Å². The van der Waals surface area contributed by atoms with Crippen molar-refractivity contribution in [3.63, 3.8) is 0 Å². The SMILES string of the molecule is CC.CC.CCC(C)(C)C(=O)CC1(C)C2CC3CC(C2)CC1C3.CCC(C)(C)C(=O)CC1(C)CCCCC1.[HH].[HH]. The fourth-order valence-corrected chi connectivity index (χ4v) is 7.74. The topological polar surface area (TPSA) is 34.1 Å². The number of carbonyl (C=O) groups excluding carboxylic acids is 2. The van der Waals surface area contributed by atoms with Crippen molar-refractivity contribution in [2.24, 2.45) is 45.3 Å². The molecule has 5 aliphatic carbocycles. The summed E-state index contributed by atoms with van der Waals surface area (Å²) < 4.78 is 0. The van der Waals surface area contributed by atoms with Gasteiger partial charge < -0.3 is 0 Å². The molecule has 2 heteroatoms. The monoisotopic (exact) mass is 537 g/mol. The molecule has 0 atom stereocenters. The fraction of sp³-hybridized carbons (Fsp3) is 0.944. The highest BCUT2D eigenvalue weighted by Crippen LogP contribution is 2.63. The molecule has 0 spiro atoms. The van der Waals surface area contributed by atoms with Crippen LogP contribution in [-0.2, 0) is 9.59 Å². The minimum Gasteiger partial charge on any atom is -0.299 e. The molecule has 5 aliphatic rings. The number of carbonyl (C=O) groups is 2. The first kappa shape index (κ1) is 35.4. The number of hydrogen-bond acceptors (Lipinski definition) is 2. The molecule has 0 N–H and O–H groups in total. The molecule has 0 radical (unpaired) electrons. The van der Waals surface area contributed by atoms with Crippen molar-refractivity contribution >= 4 is 11.6 Å². The molecule has 0 aromatic rings. The molecule has 4 bridgehead atoms. The van der Waals surface area contributed by atoms with Crippen LogP contribution in [-0.4, -0.2) is 11.6 Å². The van der Waals surface area contributed by atoms with E-state index in [0.717, 1.165) is 49.4 Å². The predicted molar refractivity (Wildman–Crippen MR) is 171 cm³/mol. The zero-order valence-electron chi connectivity index (χ0n) is 28.0. The molecule has 5 saturated carbocycles. The van der Waals surface area contributed by atoms with Crippen LogP contribution in [0.3, 0.4) is 0 Å². The largest absolute Gasteiger partial charge is 0.299 e. The molecule has 5 rings (SSSR count). The number of Topliss-reactive ketones (excluding diaryl/α,β-unsaturated/α-hetero) is 2. The van der Waals surface area contributed by atoms with E-state index in [1.165, 1.54) is 64.2 Å². The van der Waals surface area contributed by atoms with Crippen LogP contribution >= 0.6 is 0 Å². The molecule has 38 heavy (non-hydrogen) atoms. The normalized spacial score (nSPS) is 31.1. The second-order valence-corrected chi connectivity index (χ2v) is 14.9. The lowest BCUT2D eigenvalue weighted by Crippen LogP contribution is -2.52. The first-order valence-corrected chi connectivity index (χ1v) is 16.8. The third kappa shape index (κ3) is 8.67. The third-order valence-electron chi connectivity index (χ3n) is 11.5. The van der Waals surface area contributed by atoms with E-state index in [-0.39, 0.29) is 13.7 Å². The van der Waals surface area contributed by atoms with Crippen LogP contribution in [0, 0.1) is 45.3 Å². The maximum Gasteiger partial charge on any atom is 0.139 e. The summed E-state index contributed by atoms with van der Waals surface area (Å²) in [4.78, 5) is 24.9. The lowest BCUT2D eigenvalue weighted by molar-refractivity contribution is -0.142. The first-order chi connectivity index (χ1) is 17.7. The highest BCUT2D eigenvalue weighted by molar-refractivity contribution is 5.85. The molecule has 0 aromatic heterocycles. The maximum absolute atomic E-state index is 12.7. The van der Waals surface area contributed by atoms with Gasteiger partial charge in [-0.05, 0) is 92.3 Å². The van der Waals surface area contributed by atoms with E-state index >= 15 is 0 Å². The maximum atomic E-state index is 12.7. The molecule has 0 aromatic carbocycles. The van der Waals surface area contributed by atoms with Crippen molar-refractivity contribution in [1.29, 1.82) is 0 Å². The first-order valence-electron chi connectivity index (χ1n) is 16.8. The van der Waals surface area contributed by atoms with Crippen LogP contribution in [0.4, 0.5) is 0 Å². The summed E-state index contributed by atoms with van der Waals surface area (Å²) in [6.07, 6.45) is 17.3. The van der Waals surface area contributed by atoms with Gasteiger partial charge >= 0.3 is 0 Å². The Kier molecular flexibility index (Phi) is 13.8. The Morgan fingerprint density at radius 1 is 0.658 bits per heavy atom. The molecule has 0 heterocycles. The highest BCUT2D eigenvalue weighted by Gasteiger charge is 2.55. The van der Waals surface area contributed by atoms with Crippen LogP contribution in [0.15, 0.2) is 0 Å². The number of rotatable bonds is 8. The number of ketones is 2. The van der Waals surface area contributed by atoms with E-state index in [0.29, 0.717) is 22.4 Å². The van der Waals surface area contributed by atoms with Gasteiger partial charge in [-0.2, -0.15) is 0 Å². The third-order valence-corrected chi connectivity index (χ3v) is 11.5. The Morgan fingerprint density at radius 2 is 1.03 bits per heavy atom. The second-order valence-electron chi connectivity index (χ2n) is 14.9. The molecular formula is C36H72O2. The summed E-state index contributed by atoms with van der Waals surface area (Å²) >= 11 is 0. The van der Waals surface area contributed by atoms with E-state index in [4.69, 9.17) is 0 Å². The molecule has 0 saturated heterocycles. The van der Waals surface area contributed by atoms with Gasteiger partial charge in [0.15, 0.2) is 0 Å². The Bertz CT molecular complexity index is 705. The minimum absolute atomic E-state index is 0. The van der Waals surface area contributed by atoms with Crippen LogP contribution in [0.2, 0.25) is 0 Å². The van der Waals surface area contributed by atoms with Gasteiger partial charge in [-0.1, -0.05) is 102 Å². The molecule has 2 nitrogen and oxygen atoms in total. The van der Waals surface area contributed by atoms with Crippen molar-refractivity contribution < 1.29 is 12.4 Å². The van der Waals surface area contributed by atoms with E-state index in [1.807, 2.05) is 27.7 Å². The van der Waals surface area contributed by atoms with Gasteiger partial charge in [-0.25, -0.2) is 0 Å². The zero-order chi connectivity index (χ0) is 29.4. The van der Waals surface area contributed by atoms with Gasteiger partial charge in [-0.3, -0.25) is 9.59 Å². The van der Waals surface area contributed by atoms with Crippen LogP contribution < -0.4 is 0 Å². The average molecular weight is 537 g/mol. The van der Waals surface area contributed by atoms with Crippen molar-refractivity contribution in [2.75, 3.05) is 0 Å². The van der Waals surface area contributed by atoms with Crippen LogP contribution in [0.5, 0.6) is 0 Å². The number of hydrogen-bond donors (Lipinski definition) is 0. The van der Waals surface area contributed by atoms with Gasteiger partial charge in [0.1, 0.15) is 11.6 Å². The summed E-state index contributed by atoms with van der Waals surface area (Å²) in [6, 6.07) is 0. The smallest absolute Gasteiger partial charge is 0.139 e. The molecular weight excluding hydrogens is 464 g/mol. The van der Waals surface area contributed by atoms with Gasteiger partial charge in [0.2, 0.25) is 0 Å². The van der Waals surface area contributed by atoms with Crippen molar-refractivity contribution in [2.45, 2.75) is 173 Å². The van der Waals surface area contributed by atoms with Crippen molar-refractivity contribution in [1.82, 2.24) is 0 Å². The summed E-state index contributed by atoms with van der Waals surface area (Å²) in [6.45, 7) is 25.4. The van der Waals surface area contributed by atoms with Gasteiger partial charge in [0.25, 0.3) is 0 Å². The summed E-state index contributed by atoms with van der Waals surface area (Å²) in [5.41, 5.74) is 0.414. The Morgan fingerprint density at radius 3 is 1.39 bits per heavy atom. The van der Waals surface area contributed by atoms with E-state index in [9.17, 15) is 9.59 Å². The Balaban J connectivity index is 0. The zero-order valence-corrected chi connectivity index (χ0v) is 28.0. The highest BCUT2D eigenvalue weighted by atomic mass is 16.1. The fourth-order valence-electron chi connectivity index (χ4n) is 7.74. The lowest BCUT2D eigenvalue weighted by Gasteiger charge is -2.60. The van der Waals surface area contributed by atoms with Crippen molar-refractivity contribution in [3.05, 3.63) is 0 Å². The summed E-state index contributed by atoms with van der Waals surface area (Å²) in [7, 11) is 0. The standard InChI is InChI=1S/C18H30O.C14H26O.2C2H6.2H2/c1-5-17(2,3)16(19)11-18(4)14-7-12-6-13(9-14)10-15(18)8-12;1-5-13(2,3)12(15)11-14(4)9-7-6-8-10-14;2*1-2;;/h12-15H,5-11H2,1-4H3;5-11H2,1-4H3;2*1-2H3;2*1H. The second kappa shape index (κ2) is 14.8. The molecule has 0 unspecified atom stereocenters. The van der Waals surface area contributed by atoms with E-state index in [1.54, 1.807) is 0 Å². The molecule has 228 valence electrons. The molecule has 0 aliphatic heterocycles. The molecule has 5 fully saturated rings. The van der Waals surface area contributed by atoms with E-state index < -0.39 is 0 Å². The van der Waals surface area contributed by atoms with Crippen LogP contribution in [0.1, 0.15) is 176 Å². The molecule has 0 amide bonds. The Labute approximate surface area is 242 Å². The summed E-state index contributed by atoms with van der Waals surface area (Å²) in [5, 5.41) is 0. The van der Waals surface area contributed by atoms with Gasteiger partial charge in [0.05, 0.1) is 0 Å². The summed E-state index contributed by atoms with van der Waals surface area (Å²) in [5.74, 6) is 4.69. The quantitative estimate of drug-likeness (QED) is 0.309. The van der Waals surface area contributed by atoms with Crippen LogP contribution in [0.25, 0.3) is 0 Å². The lowest BCUT2D eigenvalue weighted by atomic mass is 9.44. The minimum atomic E-state index is -0.113. The van der Waals surface area contributed by atoms with E-state index in [2.05, 4.69) is 55.4 Å². The van der Waals surface area contributed by atoms with Gasteiger partial charge in [0, 0.05) is 26.5 Å². The Hall–Kier alpha value is -0.660. The average Bonchev–Trinajstić information content (AvgIpc) is 2.89. The van der Waals surface area contributed by atoms with Crippen molar-refractivity contribution in [3.8, 4) is 0 Å². The predicted octanol–water partition coefficient (Wildman–Crippen LogP) is 11.7.